The second kappa shape index (κ2) is 4.48. The fraction of sp³-hybridized carbons (Fsp3) is 0.583. The molecular weight excluding hydrogens is 200 g/mol. The standard InChI is InChI=1S/C12H16N4/c1-9-3-6-16(8-10(9)2)12-11(7-13)14-4-5-15-12/h4-5,9-10H,3,6,8H2,1-2H3. The Morgan fingerprint density at radius 2 is 2.06 bits per heavy atom. The van der Waals surface area contributed by atoms with E-state index < -0.39 is 0 Å². The zero-order valence-electron chi connectivity index (χ0n) is 9.72. The Morgan fingerprint density at radius 3 is 2.75 bits per heavy atom. The number of nitrogens with zero attached hydrogens (tertiary/aromatic N) is 4. The third-order valence-electron chi connectivity index (χ3n) is 3.42. The molecule has 0 saturated carbocycles. The lowest BCUT2D eigenvalue weighted by atomic mass is 9.89. The van der Waals surface area contributed by atoms with Crippen molar-refractivity contribution in [2.45, 2.75) is 20.3 Å². The minimum atomic E-state index is 0.434. The molecule has 1 aliphatic heterocycles. The molecule has 4 heteroatoms. The van der Waals surface area contributed by atoms with Crippen molar-refractivity contribution in [2.24, 2.45) is 11.8 Å². The maximum Gasteiger partial charge on any atom is 0.183 e. The van der Waals surface area contributed by atoms with Gasteiger partial charge in [-0.15, -0.1) is 0 Å². The normalized spacial score (nSPS) is 25.2. The van der Waals surface area contributed by atoms with E-state index in [2.05, 4.69) is 34.8 Å². The number of hydrogen-bond donors (Lipinski definition) is 0. The predicted molar refractivity (Wildman–Crippen MR) is 61.9 cm³/mol. The molecule has 2 rings (SSSR count). The Bertz CT molecular complexity index is 410. The summed E-state index contributed by atoms with van der Waals surface area (Å²) < 4.78 is 0. The molecule has 0 amide bonds. The van der Waals surface area contributed by atoms with Crippen LogP contribution < -0.4 is 4.90 Å². The number of anilines is 1. The van der Waals surface area contributed by atoms with E-state index in [1.807, 2.05) is 0 Å². The largest absolute Gasteiger partial charge is 0.354 e. The lowest BCUT2D eigenvalue weighted by molar-refractivity contribution is 0.322. The molecule has 2 heterocycles. The van der Waals surface area contributed by atoms with Gasteiger partial charge in [0.05, 0.1) is 0 Å². The van der Waals surface area contributed by atoms with Crippen molar-refractivity contribution in [1.82, 2.24) is 9.97 Å². The summed E-state index contributed by atoms with van der Waals surface area (Å²) in [6.07, 6.45) is 4.37. The maximum atomic E-state index is 8.99. The van der Waals surface area contributed by atoms with Gasteiger partial charge in [0.2, 0.25) is 0 Å². The highest BCUT2D eigenvalue weighted by molar-refractivity contribution is 5.49. The number of hydrogen-bond acceptors (Lipinski definition) is 4. The van der Waals surface area contributed by atoms with Gasteiger partial charge in [0.25, 0.3) is 0 Å². The van der Waals surface area contributed by atoms with Crippen molar-refractivity contribution in [2.75, 3.05) is 18.0 Å². The van der Waals surface area contributed by atoms with Crippen LogP contribution in [0.2, 0.25) is 0 Å². The zero-order valence-corrected chi connectivity index (χ0v) is 9.72. The molecule has 1 fully saturated rings. The van der Waals surface area contributed by atoms with Gasteiger partial charge in [-0.25, -0.2) is 9.97 Å². The lowest BCUT2D eigenvalue weighted by Gasteiger charge is -2.36. The highest BCUT2D eigenvalue weighted by Gasteiger charge is 2.25. The van der Waals surface area contributed by atoms with Crippen molar-refractivity contribution in [3.05, 3.63) is 18.1 Å². The Hall–Kier alpha value is -1.63. The van der Waals surface area contributed by atoms with Crippen molar-refractivity contribution in [3.63, 3.8) is 0 Å². The summed E-state index contributed by atoms with van der Waals surface area (Å²) >= 11 is 0. The topological polar surface area (TPSA) is 52.8 Å². The molecular formula is C12H16N4. The van der Waals surface area contributed by atoms with Crippen LogP contribution in [0.3, 0.4) is 0 Å². The van der Waals surface area contributed by atoms with Gasteiger partial charge in [0, 0.05) is 25.5 Å². The fourth-order valence-corrected chi connectivity index (χ4v) is 2.10. The van der Waals surface area contributed by atoms with E-state index in [0.29, 0.717) is 11.6 Å². The highest BCUT2D eigenvalue weighted by atomic mass is 15.2. The zero-order chi connectivity index (χ0) is 11.5. The van der Waals surface area contributed by atoms with Gasteiger partial charge in [0.15, 0.2) is 11.5 Å². The summed E-state index contributed by atoms with van der Waals surface area (Å²) in [6, 6.07) is 2.10. The van der Waals surface area contributed by atoms with Crippen LogP contribution in [-0.2, 0) is 0 Å². The first-order valence-corrected chi connectivity index (χ1v) is 5.68. The van der Waals surface area contributed by atoms with E-state index in [1.165, 1.54) is 0 Å². The molecule has 0 spiro atoms. The number of rotatable bonds is 1. The highest BCUT2D eigenvalue weighted by Crippen LogP contribution is 2.26. The van der Waals surface area contributed by atoms with Gasteiger partial charge in [0.1, 0.15) is 6.07 Å². The smallest absolute Gasteiger partial charge is 0.183 e. The second-order valence-electron chi connectivity index (χ2n) is 4.53. The van der Waals surface area contributed by atoms with E-state index >= 15 is 0 Å². The van der Waals surface area contributed by atoms with Gasteiger partial charge in [-0.1, -0.05) is 13.8 Å². The molecule has 1 aromatic rings. The van der Waals surface area contributed by atoms with Gasteiger partial charge >= 0.3 is 0 Å². The van der Waals surface area contributed by atoms with Crippen molar-refractivity contribution in [3.8, 4) is 6.07 Å². The summed E-state index contributed by atoms with van der Waals surface area (Å²) in [7, 11) is 0. The Labute approximate surface area is 95.9 Å². The van der Waals surface area contributed by atoms with E-state index in [4.69, 9.17) is 5.26 Å². The minimum Gasteiger partial charge on any atom is -0.354 e. The summed E-state index contributed by atoms with van der Waals surface area (Å²) in [5.74, 6) is 2.13. The molecule has 1 aliphatic rings. The summed E-state index contributed by atoms with van der Waals surface area (Å²) in [6.45, 7) is 6.47. The average molecular weight is 216 g/mol. The third-order valence-corrected chi connectivity index (χ3v) is 3.42. The van der Waals surface area contributed by atoms with Crippen LogP contribution in [0.4, 0.5) is 5.82 Å². The molecule has 1 aromatic heterocycles. The van der Waals surface area contributed by atoms with Crippen LogP contribution >= 0.6 is 0 Å². The molecule has 16 heavy (non-hydrogen) atoms. The molecule has 2 unspecified atom stereocenters. The number of piperidine rings is 1. The fourth-order valence-electron chi connectivity index (χ4n) is 2.10. The molecule has 0 radical (unpaired) electrons. The van der Waals surface area contributed by atoms with Crippen LogP contribution in [0, 0.1) is 23.2 Å². The lowest BCUT2D eigenvalue weighted by Crippen LogP contribution is -2.39. The van der Waals surface area contributed by atoms with Crippen LogP contribution in [-0.4, -0.2) is 23.1 Å². The molecule has 4 nitrogen and oxygen atoms in total. The van der Waals surface area contributed by atoms with E-state index in [0.717, 1.165) is 31.2 Å². The van der Waals surface area contributed by atoms with Crippen LogP contribution in [0.15, 0.2) is 12.4 Å². The van der Waals surface area contributed by atoms with Gasteiger partial charge in [-0.05, 0) is 18.3 Å². The average Bonchev–Trinajstić information content (AvgIpc) is 2.32. The second-order valence-corrected chi connectivity index (χ2v) is 4.53. The first-order valence-electron chi connectivity index (χ1n) is 5.68. The van der Waals surface area contributed by atoms with E-state index in [-0.39, 0.29) is 0 Å². The van der Waals surface area contributed by atoms with Crippen LogP contribution in [0.1, 0.15) is 26.0 Å². The number of nitriles is 1. The molecule has 1 saturated heterocycles. The van der Waals surface area contributed by atoms with Crippen LogP contribution in [0.25, 0.3) is 0 Å². The van der Waals surface area contributed by atoms with Crippen molar-refractivity contribution >= 4 is 5.82 Å². The quantitative estimate of drug-likeness (QED) is 0.718. The Balaban J connectivity index is 2.22. The monoisotopic (exact) mass is 216 g/mol. The first kappa shape index (κ1) is 10.9. The third kappa shape index (κ3) is 1.99. The molecule has 2 atom stereocenters. The summed E-state index contributed by atoms with van der Waals surface area (Å²) in [4.78, 5) is 10.5. The summed E-state index contributed by atoms with van der Waals surface area (Å²) in [5, 5.41) is 8.99. The van der Waals surface area contributed by atoms with E-state index in [9.17, 15) is 0 Å². The SMILES string of the molecule is CC1CCN(c2nccnc2C#N)CC1C. The maximum absolute atomic E-state index is 8.99. The Kier molecular flexibility index (Phi) is 3.04. The molecule has 0 aliphatic carbocycles. The number of aromatic nitrogens is 2. The van der Waals surface area contributed by atoms with Gasteiger partial charge in [-0.2, -0.15) is 5.26 Å². The summed E-state index contributed by atoms with van der Waals surface area (Å²) in [5.41, 5.74) is 0.434. The molecule has 0 N–H and O–H groups in total. The Morgan fingerprint density at radius 1 is 1.31 bits per heavy atom. The van der Waals surface area contributed by atoms with Gasteiger partial charge < -0.3 is 4.90 Å². The molecule has 84 valence electrons. The van der Waals surface area contributed by atoms with Gasteiger partial charge in [-0.3, -0.25) is 0 Å². The van der Waals surface area contributed by atoms with E-state index in [1.54, 1.807) is 12.4 Å². The first-order chi connectivity index (χ1) is 7.72. The predicted octanol–water partition coefficient (Wildman–Crippen LogP) is 1.83. The molecule has 0 aromatic carbocycles. The minimum absolute atomic E-state index is 0.434. The van der Waals surface area contributed by atoms with Crippen molar-refractivity contribution < 1.29 is 0 Å². The molecule has 0 bridgehead atoms. The van der Waals surface area contributed by atoms with Crippen molar-refractivity contribution in [1.29, 1.82) is 5.26 Å². The van der Waals surface area contributed by atoms with Crippen LogP contribution in [0.5, 0.6) is 0 Å².